The zero-order valence-corrected chi connectivity index (χ0v) is 11.8. The van der Waals surface area contributed by atoms with Crippen molar-refractivity contribution in [2.24, 2.45) is 0 Å². The van der Waals surface area contributed by atoms with Crippen LogP contribution in [0, 0.1) is 11.3 Å². The molecule has 0 unspecified atom stereocenters. The zero-order chi connectivity index (χ0) is 14.4. The molecule has 2 rings (SSSR count). The van der Waals surface area contributed by atoms with Gasteiger partial charge in [-0.2, -0.15) is 5.26 Å². The summed E-state index contributed by atoms with van der Waals surface area (Å²) in [5.41, 5.74) is 0.449. The van der Waals surface area contributed by atoms with Crippen molar-refractivity contribution in [1.29, 1.82) is 5.26 Å². The minimum Gasteiger partial charge on any atom is -0.480 e. The van der Waals surface area contributed by atoms with E-state index in [0.717, 1.165) is 12.8 Å². The second-order valence-electron chi connectivity index (χ2n) is 5.21. The predicted molar refractivity (Wildman–Crippen MR) is 76.3 cm³/mol. The number of nitriles is 1. The van der Waals surface area contributed by atoms with Crippen LogP contribution < -0.4 is 10.1 Å². The fraction of sp³-hybridized carbons (Fsp3) is 0.500. The predicted octanol–water partition coefficient (Wildman–Crippen LogP) is 2.77. The molecule has 1 fully saturated rings. The van der Waals surface area contributed by atoms with Crippen molar-refractivity contribution in [1.82, 2.24) is 5.32 Å². The maximum Gasteiger partial charge on any atom is 0.260 e. The number of carbonyl (C=O) groups is 1. The first-order chi connectivity index (χ1) is 9.70. The molecule has 20 heavy (non-hydrogen) atoms. The van der Waals surface area contributed by atoms with E-state index in [1.165, 1.54) is 19.3 Å². The van der Waals surface area contributed by atoms with Crippen molar-refractivity contribution in [2.75, 3.05) is 0 Å². The molecule has 0 bridgehead atoms. The highest BCUT2D eigenvalue weighted by molar-refractivity contribution is 5.81. The summed E-state index contributed by atoms with van der Waals surface area (Å²) < 4.78 is 5.61. The molecule has 0 aliphatic heterocycles. The molecule has 1 aliphatic rings. The average Bonchev–Trinajstić information content (AvgIpc) is 2.48. The van der Waals surface area contributed by atoms with Crippen molar-refractivity contribution in [3.63, 3.8) is 0 Å². The van der Waals surface area contributed by atoms with Crippen LogP contribution in [-0.2, 0) is 4.79 Å². The van der Waals surface area contributed by atoms with Crippen LogP contribution >= 0.6 is 0 Å². The quantitative estimate of drug-likeness (QED) is 0.916. The van der Waals surface area contributed by atoms with Crippen LogP contribution in [0.5, 0.6) is 5.75 Å². The third kappa shape index (κ3) is 3.74. The lowest BCUT2D eigenvalue weighted by Gasteiger charge is -2.24. The van der Waals surface area contributed by atoms with Crippen molar-refractivity contribution >= 4 is 5.91 Å². The number of hydrogen-bond donors (Lipinski definition) is 1. The van der Waals surface area contributed by atoms with Gasteiger partial charge >= 0.3 is 0 Å². The van der Waals surface area contributed by atoms with Crippen LogP contribution in [0.3, 0.4) is 0 Å². The van der Waals surface area contributed by atoms with Gasteiger partial charge < -0.3 is 10.1 Å². The highest BCUT2D eigenvalue weighted by atomic mass is 16.5. The van der Waals surface area contributed by atoms with Gasteiger partial charge in [0.2, 0.25) is 0 Å². The Balaban J connectivity index is 1.92. The lowest BCUT2D eigenvalue weighted by Crippen LogP contribution is -2.43. The Kier molecular flexibility index (Phi) is 5.00. The van der Waals surface area contributed by atoms with Crippen molar-refractivity contribution in [2.45, 2.75) is 51.2 Å². The topological polar surface area (TPSA) is 62.1 Å². The molecule has 4 heteroatoms. The van der Waals surface area contributed by atoms with E-state index in [9.17, 15) is 4.79 Å². The van der Waals surface area contributed by atoms with Gasteiger partial charge in [-0.25, -0.2) is 0 Å². The smallest absolute Gasteiger partial charge is 0.260 e. The molecule has 1 aromatic rings. The van der Waals surface area contributed by atoms with Crippen molar-refractivity contribution in [3.05, 3.63) is 29.8 Å². The van der Waals surface area contributed by atoms with E-state index in [-0.39, 0.29) is 11.9 Å². The Morgan fingerprint density at radius 2 is 2.05 bits per heavy atom. The van der Waals surface area contributed by atoms with Gasteiger partial charge in [-0.15, -0.1) is 0 Å². The lowest BCUT2D eigenvalue weighted by molar-refractivity contribution is -0.128. The molecule has 0 aromatic heterocycles. The Hall–Kier alpha value is -2.02. The number of benzene rings is 1. The standard InChI is InChI=1S/C16H20N2O2/c1-12(16(19)18-14-8-3-2-4-9-14)20-15-10-6-5-7-13(15)11-17/h5-7,10,12,14H,2-4,8-9H2,1H3,(H,18,19)/t12-/m1/s1. The van der Waals surface area contributed by atoms with E-state index in [0.29, 0.717) is 11.3 Å². The first-order valence-electron chi connectivity index (χ1n) is 7.17. The normalized spacial score (nSPS) is 17.0. The number of amides is 1. The molecular weight excluding hydrogens is 252 g/mol. The first kappa shape index (κ1) is 14.4. The maximum atomic E-state index is 12.1. The highest BCUT2D eigenvalue weighted by Gasteiger charge is 2.21. The summed E-state index contributed by atoms with van der Waals surface area (Å²) in [6.45, 7) is 1.71. The Morgan fingerprint density at radius 1 is 1.35 bits per heavy atom. The maximum absolute atomic E-state index is 12.1. The van der Waals surface area contributed by atoms with Crippen LogP contribution in [0.4, 0.5) is 0 Å². The van der Waals surface area contributed by atoms with E-state index in [4.69, 9.17) is 10.00 Å². The minimum atomic E-state index is -0.591. The third-order valence-corrected chi connectivity index (χ3v) is 3.63. The summed E-state index contributed by atoms with van der Waals surface area (Å²) >= 11 is 0. The molecule has 1 saturated carbocycles. The van der Waals surface area contributed by atoms with Gasteiger partial charge in [0.05, 0.1) is 5.56 Å². The summed E-state index contributed by atoms with van der Waals surface area (Å²) in [5, 5.41) is 12.0. The third-order valence-electron chi connectivity index (χ3n) is 3.63. The number of carbonyl (C=O) groups excluding carboxylic acids is 1. The molecule has 1 amide bonds. The van der Waals surface area contributed by atoms with Gasteiger partial charge in [0.25, 0.3) is 5.91 Å². The van der Waals surface area contributed by atoms with Crippen LogP contribution in [-0.4, -0.2) is 18.1 Å². The summed E-state index contributed by atoms with van der Waals surface area (Å²) in [4.78, 5) is 12.1. The van der Waals surface area contributed by atoms with Crippen LogP contribution in [0.2, 0.25) is 0 Å². The molecule has 1 aliphatic carbocycles. The number of nitrogens with one attached hydrogen (secondary N) is 1. The summed E-state index contributed by atoms with van der Waals surface area (Å²) in [6, 6.07) is 9.30. The number of hydrogen-bond acceptors (Lipinski definition) is 3. The van der Waals surface area contributed by atoms with Gasteiger partial charge in [0.15, 0.2) is 6.10 Å². The van der Waals surface area contributed by atoms with Crippen LogP contribution in [0.25, 0.3) is 0 Å². The molecule has 1 atom stereocenters. The Labute approximate surface area is 119 Å². The van der Waals surface area contributed by atoms with Gasteiger partial charge in [-0.1, -0.05) is 31.4 Å². The summed E-state index contributed by atoms with van der Waals surface area (Å²) in [7, 11) is 0. The summed E-state index contributed by atoms with van der Waals surface area (Å²) in [5.74, 6) is 0.353. The van der Waals surface area contributed by atoms with Crippen molar-refractivity contribution in [3.8, 4) is 11.8 Å². The Bertz CT molecular complexity index is 501. The van der Waals surface area contributed by atoms with E-state index < -0.39 is 6.10 Å². The van der Waals surface area contributed by atoms with Crippen LogP contribution in [0.15, 0.2) is 24.3 Å². The monoisotopic (exact) mass is 272 g/mol. The molecule has 0 radical (unpaired) electrons. The molecule has 1 aromatic carbocycles. The fourth-order valence-corrected chi connectivity index (χ4v) is 2.47. The number of ether oxygens (including phenoxy) is 1. The molecule has 0 saturated heterocycles. The number of para-hydroxylation sites is 1. The van der Waals surface area contributed by atoms with Crippen molar-refractivity contribution < 1.29 is 9.53 Å². The van der Waals surface area contributed by atoms with Gasteiger partial charge in [0, 0.05) is 6.04 Å². The first-order valence-corrected chi connectivity index (χ1v) is 7.17. The summed E-state index contributed by atoms with van der Waals surface area (Å²) in [6.07, 6.45) is 5.12. The van der Waals surface area contributed by atoms with E-state index >= 15 is 0 Å². The molecule has 106 valence electrons. The molecule has 1 N–H and O–H groups in total. The van der Waals surface area contributed by atoms with E-state index in [1.54, 1.807) is 31.2 Å². The zero-order valence-electron chi connectivity index (χ0n) is 11.8. The largest absolute Gasteiger partial charge is 0.480 e. The molecular formula is C16H20N2O2. The van der Waals surface area contributed by atoms with Gasteiger partial charge in [-0.05, 0) is 31.9 Å². The number of nitrogens with zero attached hydrogens (tertiary/aromatic N) is 1. The van der Waals surface area contributed by atoms with Gasteiger partial charge in [0.1, 0.15) is 11.8 Å². The second-order valence-corrected chi connectivity index (χ2v) is 5.21. The molecule has 4 nitrogen and oxygen atoms in total. The van der Waals surface area contributed by atoms with Gasteiger partial charge in [-0.3, -0.25) is 4.79 Å². The highest BCUT2D eigenvalue weighted by Crippen LogP contribution is 2.20. The lowest BCUT2D eigenvalue weighted by atomic mass is 9.95. The minimum absolute atomic E-state index is 0.107. The SMILES string of the molecule is C[C@@H](Oc1ccccc1C#N)C(=O)NC1CCCCC1. The fourth-order valence-electron chi connectivity index (χ4n) is 2.47. The van der Waals surface area contributed by atoms with Crippen LogP contribution in [0.1, 0.15) is 44.6 Å². The second kappa shape index (κ2) is 6.95. The average molecular weight is 272 g/mol. The van der Waals surface area contributed by atoms with E-state index in [2.05, 4.69) is 11.4 Å². The number of rotatable bonds is 4. The van der Waals surface area contributed by atoms with E-state index in [1.807, 2.05) is 0 Å². The molecule has 0 heterocycles. The Morgan fingerprint density at radius 3 is 2.75 bits per heavy atom. The molecule has 0 spiro atoms.